The molecule has 3 aromatic heterocycles. The van der Waals surface area contributed by atoms with Gasteiger partial charge in [-0.2, -0.15) is 5.10 Å². The van der Waals surface area contributed by atoms with Gasteiger partial charge in [0.15, 0.2) is 5.65 Å². The Morgan fingerprint density at radius 2 is 2.19 bits per heavy atom. The average molecular weight is 353 g/mol. The summed E-state index contributed by atoms with van der Waals surface area (Å²) in [6, 6.07) is 3.57. The Morgan fingerprint density at radius 3 is 3.04 bits per heavy atom. The van der Waals surface area contributed by atoms with E-state index in [9.17, 15) is 4.79 Å². The van der Waals surface area contributed by atoms with Gasteiger partial charge in [-0.25, -0.2) is 19.5 Å². The van der Waals surface area contributed by atoms with E-state index in [1.807, 2.05) is 19.0 Å². The molecule has 1 aliphatic rings. The van der Waals surface area contributed by atoms with Gasteiger partial charge in [0, 0.05) is 45.5 Å². The molecule has 0 aliphatic carbocycles. The fraction of sp³-hybridized carbons (Fsp3) is 0.353. The lowest BCUT2D eigenvalue weighted by atomic mass is 10.3. The number of rotatable bonds is 4. The van der Waals surface area contributed by atoms with Crippen LogP contribution >= 0.6 is 0 Å². The molecule has 0 spiro atoms. The first-order valence-electron chi connectivity index (χ1n) is 8.35. The largest absolute Gasteiger partial charge is 0.472 e. The van der Waals surface area contributed by atoms with E-state index in [1.54, 1.807) is 40.1 Å². The smallest absolute Gasteiger partial charge is 0.259 e. The zero-order chi connectivity index (χ0) is 18.1. The summed E-state index contributed by atoms with van der Waals surface area (Å²) in [6.07, 6.45) is 7.12. The highest BCUT2D eigenvalue weighted by atomic mass is 16.5. The summed E-state index contributed by atoms with van der Waals surface area (Å²) < 4.78 is 7.54. The fourth-order valence-corrected chi connectivity index (χ4v) is 2.97. The van der Waals surface area contributed by atoms with Crippen molar-refractivity contribution in [3.63, 3.8) is 0 Å². The zero-order valence-corrected chi connectivity index (χ0v) is 14.6. The molecule has 4 heterocycles. The summed E-state index contributed by atoms with van der Waals surface area (Å²) in [5.74, 6) is 1.21. The molecule has 134 valence electrons. The highest BCUT2D eigenvalue weighted by Crippen LogP contribution is 2.21. The Kier molecular flexibility index (Phi) is 4.11. The maximum atomic E-state index is 12.8. The minimum Gasteiger partial charge on any atom is -0.472 e. The zero-order valence-electron chi connectivity index (χ0n) is 14.6. The van der Waals surface area contributed by atoms with Crippen molar-refractivity contribution < 1.29 is 9.53 Å². The molecular weight excluding hydrogens is 334 g/mol. The molecule has 0 radical (unpaired) electrons. The predicted octanol–water partition coefficient (Wildman–Crippen LogP) is 0.879. The van der Waals surface area contributed by atoms with Gasteiger partial charge in [0.2, 0.25) is 5.88 Å². The Bertz CT molecular complexity index is 940. The van der Waals surface area contributed by atoms with E-state index in [0.29, 0.717) is 30.2 Å². The number of nitrogens with zero attached hydrogens (tertiary/aromatic N) is 7. The molecule has 0 unspecified atom stereocenters. The van der Waals surface area contributed by atoms with Crippen LogP contribution in [0.2, 0.25) is 0 Å². The number of hydrogen-bond donors (Lipinski definition) is 0. The van der Waals surface area contributed by atoms with Crippen LogP contribution in [0, 0.1) is 0 Å². The highest BCUT2D eigenvalue weighted by Gasteiger charge is 2.30. The number of fused-ring (bicyclic) bond motifs is 1. The van der Waals surface area contributed by atoms with Gasteiger partial charge in [-0.15, -0.1) is 0 Å². The molecule has 1 fully saturated rings. The van der Waals surface area contributed by atoms with Gasteiger partial charge in [-0.3, -0.25) is 4.79 Å². The maximum absolute atomic E-state index is 12.8. The lowest BCUT2D eigenvalue weighted by Crippen LogP contribution is -2.31. The molecular formula is C17H19N7O2. The number of ether oxygens (including phenoxy) is 1. The Labute approximate surface area is 150 Å². The van der Waals surface area contributed by atoms with Gasteiger partial charge in [-0.05, 0) is 6.07 Å². The molecule has 9 nitrogen and oxygen atoms in total. The van der Waals surface area contributed by atoms with E-state index < -0.39 is 0 Å². The second-order valence-corrected chi connectivity index (χ2v) is 6.33. The van der Waals surface area contributed by atoms with Crippen LogP contribution in [0.15, 0.2) is 37.1 Å². The number of amides is 1. The third-order valence-electron chi connectivity index (χ3n) is 4.32. The predicted molar refractivity (Wildman–Crippen MR) is 94.3 cm³/mol. The average Bonchev–Trinajstić information content (AvgIpc) is 3.28. The van der Waals surface area contributed by atoms with Gasteiger partial charge in [-0.1, -0.05) is 0 Å². The number of carbonyl (C=O) groups is 1. The number of aromatic nitrogens is 5. The van der Waals surface area contributed by atoms with Crippen LogP contribution in [0.25, 0.3) is 5.65 Å². The lowest BCUT2D eigenvalue weighted by molar-refractivity contribution is 0.0773. The van der Waals surface area contributed by atoms with E-state index in [1.165, 1.54) is 6.33 Å². The first-order valence-corrected chi connectivity index (χ1v) is 8.35. The Morgan fingerprint density at radius 1 is 1.31 bits per heavy atom. The summed E-state index contributed by atoms with van der Waals surface area (Å²) >= 11 is 0. The van der Waals surface area contributed by atoms with Crippen molar-refractivity contribution in [3.05, 3.63) is 42.6 Å². The number of carbonyl (C=O) groups excluding carboxylic acids is 1. The SMILES string of the molecule is CN(C)c1cc(O[C@H]2CCN(C(=O)c3cnn4cccnc34)C2)ncn1. The molecule has 1 amide bonds. The molecule has 9 heteroatoms. The molecule has 0 bridgehead atoms. The first-order chi connectivity index (χ1) is 12.6. The van der Waals surface area contributed by atoms with Crippen LogP contribution in [-0.4, -0.2) is 68.7 Å². The van der Waals surface area contributed by atoms with Crippen molar-refractivity contribution in [3.8, 4) is 5.88 Å². The molecule has 0 N–H and O–H groups in total. The topological polar surface area (TPSA) is 88.8 Å². The van der Waals surface area contributed by atoms with Gasteiger partial charge in [0.25, 0.3) is 5.91 Å². The monoisotopic (exact) mass is 353 g/mol. The summed E-state index contributed by atoms with van der Waals surface area (Å²) in [5, 5.41) is 4.18. The third kappa shape index (κ3) is 3.03. The van der Waals surface area contributed by atoms with Crippen molar-refractivity contribution in [2.24, 2.45) is 0 Å². The van der Waals surface area contributed by atoms with E-state index in [4.69, 9.17) is 4.74 Å². The summed E-state index contributed by atoms with van der Waals surface area (Å²) in [5.41, 5.74) is 1.07. The van der Waals surface area contributed by atoms with Crippen molar-refractivity contribution in [1.82, 2.24) is 29.5 Å². The van der Waals surface area contributed by atoms with Crippen molar-refractivity contribution in [1.29, 1.82) is 0 Å². The van der Waals surface area contributed by atoms with Crippen molar-refractivity contribution in [2.45, 2.75) is 12.5 Å². The number of likely N-dealkylation sites (tertiary alicyclic amines) is 1. The molecule has 3 aromatic rings. The second-order valence-electron chi connectivity index (χ2n) is 6.33. The molecule has 1 aliphatic heterocycles. The van der Waals surface area contributed by atoms with Crippen LogP contribution in [0.5, 0.6) is 5.88 Å². The van der Waals surface area contributed by atoms with E-state index in [0.717, 1.165) is 12.2 Å². The van der Waals surface area contributed by atoms with Gasteiger partial charge >= 0.3 is 0 Å². The molecule has 0 saturated carbocycles. The molecule has 26 heavy (non-hydrogen) atoms. The molecule has 1 atom stereocenters. The normalized spacial score (nSPS) is 16.8. The van der Waals surface area contributed by atoms with E-state index >= 15 is 0 Å². The van der Waals surface area contributed by atoms with Gasteiger partial charge in [0.1, 0.15) is 23.8 Å². The highest BCUT2D eigenvalue weighted by molar-refractivity contribution is 5.99. The van der Waals surface area contributed by atoms with Crippen LogP contribution in [0.3, 0.4) is 0 Å². The number of hydrogen-bond acceptors (Lipinski definition) is 7. The van der Waals surface area contributed by atoms with Crippen LogP contribution < -0.4 is 9.64 Å². The van der Waals surface area contributed by atoms with Gasteiger partial charge < -0.3 is 14.5 Å². The third-order valence-corrected chi connectivity index (χ3v) is 4.32. The summed E-state index contributed by atoms with van der Waals surface area (Å²) in [6.45, 7) is 1.13. The molecule has 4 rings (SSSR count). The van der Waals surface area contributed by atoms with Crippen LogP contribution in [0.4, 0.5) is 5.82 Å². The minimum atomic E-state index is -0.0985. The lowest BCUT2D eigenvalue weighted by Gasteiger charge is -2.17. The van der Waals surface area contributed by atoms with Crippen LogP contribution in [-0.2, 0) is 0 Å². The Hall–Kier alpha value is -3.23. The quantitative estimate of drug-likeness (QED) is 0.688. The van der Waals surface area contributed by atoms with Crippen molar-refractivity contribution >= 4 is 17.4 Å². The minimum absolute atomic E-state index is 0.0820. The summed E-state index contributed by atoms with van der Waals surface area (Å²) in [4.78, 5) is 29.0. The van der Waals surface area contributed by atoms with Crippen LogP contribution in [0.1, 0.15) is 16.8 Å². The standard InChI is InChI=1S/C17H19N7O2/c1-22(2)14-8-15(20-11-19-14)26-12-4-7-23(10-12)17(25)13-9-21-24-6-3-5-18-16(13)24/h3,5-6,8-9,11-12H,4,7,10H2,1-2H3/t12-/m0/s1. The fourth-order valence-electron chi connectivity index (χ4n) is 2.97. The van der Waals surface area contributed by atoms with E-state index in [-0.39, 0.29) is 12.0 Å². The molecule has 1 saturated heterocycles. The van der Waals surface area contributed by atoms with Crippen molar-refractivity contribution in [2.75, 3.05) is 32.1 Å². The number of anilines is 1. The summed E-state index contributed by atoms with van der Waals surface area (Å²) in [7, 11) is 3.82. The molecule has 0 aromatic carbocycles. The van der Waals surface area contributed by atoms with Gasteiger partial charge in [0.05, 0.1) is 12.7 Å². The first kappa shape index (κ1) is 16.2. The Balaban J connectivity index is 1.45. The second kappa shape index (κ2) is 6.58. The maximum Gasteiger partial charge on any atom is 0.259 e. The van der Waals surface area contributed by atoms with E-state index in [2.05, 4.69) is 20.1 Å².